The van der Waals surface area contributed by atoms with Gasteiger partial charge in [0.05, 0.1) is 0 Å². The second-order valence-electron chi connectivity index (χ2n) is 5.54. The van der Waals surface area contributed by atoms with E-state index in [9.17, 15) is 0 Å². The number of rotatable bonds is 5. The summed E-state index contributed by atoms with van der Waals surface area (Å²) in [6.45, 7) is 5.90. The normalized spacial score (nSPS) is 25.4. The molecular weight excluding hydrogens is 214 g/mol. The Labute approximate surface area is 103 Å². The molecule has 1 saturated heterocycles. The van der Waals surface area contributed by atoms with Crippen LogP contribution in [0.1, 0.15) is 45.1 Å². The first-order valence-corrected chi connectivity index (χ1v) is 7.41. The fraction of sp³-hybridized carbons (Fsp3) is 0.714. The standard InChI is InChI=1S/C14H23NS/c1-12(2)10-14(6-3-8-15-14)7-4-13-5-9-16-11-13/h5,9,11-12,15H,3-4,6-8,10H2,1-2H3. The van der Waals surface area contributed by atoms with Crippen molar-refractivity contribution in [2.45, 2.75) is 51.5 Å². The Kier molecular flexibility index (Phi) is 4.04. The zero-order chi connectivity index (χ0) is 11.4. The average molecular weight is 237 g/mol. The number of hydrogen-bond donors (Lipinski definition) is 1. The van der Waals surface area contributed by atoms with E-state index in [1.165, 1.54) is 44.2 Å². The lowest BCUT2D eigenvalue weighted by Gasteiger charge is -2.31. The Hall–Kier alpha value is -0.340. The van der Waals surface area contributed by atoms with Gasteiger partial charge in [0.15, 0.2) is 0 Å². The van der Waals surface area contributed by atoms with Crippen molar-refractivity contribution in [1.29, 1.82) is 0 Å². The van der Waals surface area contributed by atoms with Crippen LogP contribution in [0.3, 0.4) is 0 Å². The minimum Gasteiger partial charge on any atom is -0.311 e. The SMILES string of the molecule is CC(C)CC1(CCc2ccsc2)CCCN1. The second-order valence-corrected chi connectivity index (χ2v) is 6.32. The molecule has 1 unspecified atom stereocenters. The molecule has 1 aliphatic rings. The number of nitrogens with one attached hydrogen (secondary N) is 1. The molecule has 1 aromatic rings. The minimum absolute atomic E-state index is 0.441. The molecule has 0 spiro atoms. The van der Waals surface area contributed by atoms with Crippen molar-refractivity contribution in [3.05, 3.63) is 22.4 Å². The van der Waals surface area contributed by atoms with E-state index in [1.807, 2.05) is 11.3 Å². The van der Waals surface area contributed by atoms with E-state index in [1.54, 1.807) is 0 Å². The van der Waals surface area contributed by atoms with E-state index >= 15 is 0 Å². The van der Waals surface area contributed by atoms with Crippen LogP contribution in [0.5, 0.6) is 0 Å². The predicted molar refractivity (Wildman–Crippen MR) is 72.1 cm³/mol. The molecule has 1 fully saturated rings. The summed E-state index contributed by atoms with van der Waals surface area (Å²) in [6.07, 6.45) is 6.61. The third kappa shape index (κ3) is 3.08. The highest BCUT2D eigenvalue weighted by atomic mass is 32.1. The van der Waals surface area contributed by atoms with Crippen molar-refractivity contribution in [3.8, 4) is 0 Å². The van der Waals surface area contributed by atoms with Crippen molar-refractivity contribution in [1.82, 2.24) is 5.32 Å². The molecule has 1 atom stereocenters. The van der Waals surface area contributed by atoms with Crippen LogP contribution in [-0.4, -0.2) is 12.1 Å². The maximum Gasteiger partial charge on any atom is 0.0187 e. The maximum absolute atomic E-state index is 3.77. The highest BCUT2D eigenvalue weighted by Crippen LogP contribution is 2.31. The Morgan fingerprint density at radius 3 is 2.94 bits per heavy atom. The minimum atomic E-state index is 0.441. The lowest BCUT2D eigenvalue weighted by Crippen LogP contribution is -2.41. The van der Waals surface area contributed by atoms with E-state index in [-0.39, 0.29) is 0 Å². The second kappa shape index (κ2) is 5.33. The summed E-state index contributed by atoms with van der Waals surface area (Å²) in [5.41, 5.74) is 1.96. The van der Waals surface area contributed by atoms with Crippen LogP contribution in [0.15, 0.2) is 16.8 Å². The van der Waals surface area contributed by atoms with Crippen LogP contribution in [0.4, 0.5) is 0 Å². The molecule has 0 bridgehead atoms. The van der Waals surface area contributed by atoms with Gasteiger partial charge >= 0.3 is 0 Å². The molecule has 1 aromatic heterocycles. The number of aryl methyl sites for hydroxylation is 1. The van der Waals surface area contributed by atoms with Crippen molar-refractivity contribution in [2.75, 3.05) is 6.54 Å². The molecule has 2 heteroatoms. The fourth-order valence-electron chi connectivity index (χ4n) is 2.96. The van der Waals surface area contributed by atoms with Gasteiger partial charge < -0.3 is 5.32 Å². The van der Waals surface area contributed by atoms with Crippen LogP contribution in [-0.2, 0) is 6.42 Å². The first-order chi connectivity index (χ1) is 7.70. The largest absolute Gasteiger partial charge is 0.311 e. The summed E-state index contributed by atoms with van der Waals surface area (Å²) in [6, 6.07) is 2.27. The molecule has 0 radical (unpaired) electrons. The smallest absolute Gasteiger partial charge is 0.0187 e. The Balaban J connectivity index is 1.92. The van der Waals surface area contributed by atoms with Crippen molar-refractivity contribution in [2.24, 2.45) is 5.92 Å². The third-order valence-electron chi connectivity index (χ3n) is 3.60. The zero-order valence-corrected chi connectivity index (χ0v) is 11.3. The molecule has 0 aromatic carbocycles. The highest BCUT2D eigenvalue weighted by molar-refractivity contribution is 7.07. The molecule has 1 aliphatic heterocycles. The van der Waals surface area contributed by atoms with Crippen molar-refractivity contribution in [3.63, 3.8) is 0 Å². The molecule has 16 heavy (non-hydrogen) atoms. The van der Waals surface area contributed by atoms with Gasteiger partial charge in [-0.3, -0.25) is 0 Å². The predicted octanol–water partition coefficient (Wildman–Crippen LogP) is 3.85. The highest BCUT2D eigenvalue weighted by Gasteiger charge is 2.33. The summed E-state index contributed by atoms with van der Waals surface area (Å²) in [7, 11) is 0. The summed E-state index contributed by atoms with van der Waals surface area (Å²) in [4.78, 5) is 0. The van der Waals surface area contributed by atoms with Crippen LogP contribution in [0, 0.1) is 5.92 Å². The van der Waals surface area contributed by atoms with E-state index < -0.39 is 0 Å². The molecule has 0 aliphatic carbocycles. The van der Waals surface area contributed by atoms with Crippen LogP contribution >= 0.6 is 11.3 Å². The van der Waals surface area contributed by atoms with Gasteiger partial charge in [-0.2, -0.15) is 11.3 Å². The van der Waals surface area contributed by atoms with Crippen LogP contribution in [0.25, 0.3) is 0 Å². The van der Waals surface area contributed by atoms with Crippen molar-refractivity contribution >= 4 is 11.3 Å². The Bertz CT molecular complexity index is 297. The third-order valence-corrected chi connectivity index (χ3v) is 4.34. The maximum atomic E-state index is 3.77. The number of thiophene rings is 1. The van der Waals surface area contributed by atoms with E-state index in [2.05, 4.69) is 36.0 Å². The molecule has 2 rings (SSSR count). The monoisotopic (exact) mass is 237 g/mol. The number of hydrogen-bond acceptors (Lipinski definition) is 2. The Morgan fingerprint density at radius 2 is 2.38 bits per heavy atom. The summed E-state index contributed by atoms with van der Waals surface area (Å²) in [5.74, 6) is 0.799. The average Bonchev–Trinajstić information content (AvgIpc) is 2.84. The van der Waals surface area contributed by atoms with Gasteiger partial charge in [-0.25, -0.2) is 0 Å². The molecule has 0 saturated carbocycles. The molecular formula is C14H23NS. The first-order valence-electron chi connectivity index (χ1n) is 6.46. The van der Waals surface area contributed by atoms with Crippen molar-refractivity contribution < 1.29 is 0 Å². The van der Waals surface area contributed by atoms with E-state index in [4.69, 9.17) is 0 Å². The fourth-order valence-corrected chi connectivity index (χ4v) is 3.66. The zero-order valence-electron chi connectivity index (χ0n) is 10.5. The lowest BCUT2D eigenvalue weighted by atomic mass is 9.83. The molecule has 2 heterocycles. The van der Waals surface area contributed by atoms with Gasteiger partial charge in [-0.1, -0.05) is 13.8 Å². The van der Waals surface area contributed by atoms with Gasteiger partial charge in [0, 0.05) is 5.54 Å². The molecule has 1 N–H and O–H groups in total. The van der Waals surface area contributed by atoms with Crippen LogP contribution < -0.4 is 5.32 Å². The topological polar surface area (TPSA) is 12.0 Å². The summed E-state index contributed by atoms with van der Waals surface area (Å²) in [5, 5.41) is 8.24. The first kappa shape index (κ1) is 12.1. The van der Waals surface area contributed by atoms with Gasteiger partial charge in [-0.05, 0) is 67.0 Å². The molecule has 90 valence electrons. The molecule has 0 amide bonds. The Morgan fingerprint density at radius 1 is 1.50 bits per heavy atom. The van der Waals surface area contributed by atoms with E-state index in [0.717, 1.165) is 5.92 Å². The summed E-state index contributed by atoms with van der Waals surface area (Å²) >= 11 is 1.81. The van der Waals surface area contributed by atoms with E-state index in [0.29, 0.717) is 5.54 Å². The van der Waals surface area contributed by atoms with Gasteiger partial charge in [0.1, 0.15) is 0 Å². The van der Waals surface area contributed by atoms with Gasteiger partial charge in [-0.15, -0.1) is 0 Å². The van der Waals surface area contributed by atoms with Gasteiger partial charge in [0.2, 0.25) is 0 Å². The lowest BCUT2D eigenvalue weighted by molar-refractivity contribution is 0.284. The van der Waals surface area contributed by atoms with Gasteiger partial charge in [0.25, 0.3) is 0 Å². The quantitative estimate of drug-likeness (QED) is 0.820. The summed E-state index contributed by atoms with van der Waals surface area (Å²) < 4.78 is 0. The van der Waals surface area contributed by atoms with Crippen LogP contribution in [0.2, 0.25) is 0 Å². The molecule has 1 nitrogen and oxygen atoms in total.